The van der Waals surface area contributed by atoms with Crippen LogP contribution in [0.5, 0.6) is 0 Å². The Morgan fingerprint density at radius 3 is 2.26 bits per heavy atom. The van der Waals surface area contributed by atoms with Crippen LogP contribution in [0.25, 0.3) is 0 Å². The van der Waals surface area contributed by atoms with E-state index in [4.69, 9.17) is 29.4 Å². The number of nitrogens with two attached hydrogens (primary N) is 1. The summed E-state index contributed by atoms with van der Waals surface area (Å²) in [5.41, 5.74) is 4.98. The number of methoxy groups -OCH3 is 1. The number of hydrogen-bond acceptors (Lipinski definition) is 17. The molecule has 0 aromatic heterocycles. The number of esters is 1. The van der Waals surface area contributed by atoms with E-state index < -0.39 is 89.5 Å². The highest BCUT2D eigenvalue weighted by atomic mass is 16.6. The zero-order valence-corrected chi connectivity index (χ0v) is 54.6. The molecule has 5 rings (SSSR count). The molecule has 0 bridgehead atoms. The van der Waals surface area contributed by atoms with Gasteiger partial charge in [-0.2, -0.15) is 0 Å². The molecule has 1 aromatic carbocycles. The van der Waals surface area contributed by atoms with Crippen LogP contribution in [-0.2, 0) is 70.3 Å². The van der Waals surface area contributed by atoms with E-state index in [0.29, 0.717) is 68.1 Å². The van der Waals surface area contributed by atoms with Gasteiger partial charge in [0.05, 0.1) is 48.5 Å². The van der Waals surface area contributed by atoms with Crippen molar-refractivity contribution >= 4 is 53.4 Å². The Labute approximate surface area is 531 Å². The number of aliphatic hydroxyl groups excluding tert-OH is 2. The number of ether oxygens (including phenoxy) is 5. The first-order chi connectivity index (χ1) is 42.6. The first-order valence-corrected chi connectivity index (χ1v) is 32.2. The molecule has 0 saturated carbocycles. The summed E-state index contributed by atoms with van der Waals surface area (Å²) in [6.45, 7) is 17.2. The normalized spacial score (nSPS) is 25.8. The van der Waals surface area contributed by atoms with Gasteiger partial charge in [0.2, 0.25) is 11.8 Å². The molecule has 4 aliphatic heterocycles. The van der Waals surface area contributed by atoms with Crippen molar-refractivity contribution in [1.29, 1.82) is 0 Å². The molecule has 1 aromatic rings. The van der Waals surface area contributed by atoms with Gasteiger partial charge in [0.15, 0.2) is 11.9 Å². The van der Waals surface area contributed by atoms with E-state index in [1.165, 1.54) is 24.2 Å². The first kappa shape index (κ1) is 74.1. The monoisotopic (exact) mass is 1260 g/mol. The lowest BCUT2D eigenvalue weighted by Crippen LogP contribution is -2.57. The lowest BCUT2D eigenvalue weighted by molar-refractivity contribution is -0.151. The molecule has 4 aliphatic rings. The number of cyclic esters (lactones) is 1. The number of rotatable bonds is 32. The largest absolute Gasteiger partial charge is 0.457 e. The minimum atomic E-state index is -1.22. The summed E-state index contributed by atoms with van der Waals surface area (Å²) >= 11 is 0. The number of carbonyl (C=O) groups is 9. The van der Waals surface area contributed by atoms with Gasteiger partial charge in [-0.25, -0.2) is 9.59 Å². The van der Waals surface area contributed by atoms with E-state index in [-0.39, 0.29) is 132 Å². The Hall–Kier alpha value is -6.59. The Balaban J connectivity index is 1.16. The third-order valence-electron chi connectivity index (χ3n) is 17.9. The van der Waals surface area contributed by atoms with E-state index in [2.05, 4.69) is 5.32 Å². The van der Waals surface area contributed by atoms with Crippen molar-refractivity contribution in [2.45, 2.75) is 232 Å². The Kier molecular flexibility index (Phi) is 29.1. The summed E-state index contributed by atoms with van der Waals surface area (Å²) in [4.78, 5) is 121. The zero-order valence-electron chi connectivity index (χ0n) is 54.6. The van der Waals surface area contributed by atoms with Crippen LogP contribution in [0.2, 0.25) is 0 Å². The molecule has 2 saturated heterocycles. The average Bonchev–Trinajstić information content (AvgIpc) is 1.65. The minimum absolute atomic E-state index is 0.0139. The van der Waals surface area contributed by atoms with Crippen molar-refractivity contribution in [2.75, 3.05) is 33.3 Å². The standard InChI is InChI=1S/C68H101N5O17/c1-11-49-41-71(65(83)89-57-28-23-45(6)62(90-61(81)39-51(75)31-33-68(57,9)86-10)44(5)19-18-32-67(8,85)40-56-63(88-56)46(7)54(76)12-2)35-36-72(49)66(84)87-42-48-26-24-47(25-27-48)37-55(77)53(21-15-16-22-58(69)78)70-64(82)52(43(3)4)38-50(74)20-14-13-17-34-73-59(79)29-30-60(73)80/h18-19,23-30,32,43,45-46,49,51-54,56-57,62-63,75-76,85H,11-17,20-22,31,33-42H2,1-10H3,(H2,69,78)(H,70,82)/b28-23+,32-18+,44-19+/t45-,46+,49+,51+,52-,53-,54-,56+,57-,62+,63+,67-,68+/m0/s1. The number of unbranched alkanes of at least 4 members (excludes halogenated alkanes) is 3. The number of carbonyl (C=O) groups excluding carboxylic acids is 9. The maximum absolute atomic E-state index is 14.2. The number of benzene rings is 1. The molecule has 0 unspecified atom stereocenters. The number of allylic oxidation sites excluding steroid dienone is 2. The number of amides is 6. The fourth-order valence-electron chi connectivity index (χ4n) is 11.7. The molecule has 6 N–H and O–H groups in total. The number of ketones is 2. The molecule has 0 aliphatic carbocycles. The number of aliphatic hydroxyl groups is 3. The Bertz CT molecular complexity index is 2720. The molecule has 22 heteroatoms. The second kappa shape index (κ2) is 35.3. The third kappa shape index (κ3) is 23.0. The molecule has 500 valence electrons. The van der Waals surface area contributed by atoms with Crippen molar-refractivity contribution in [3.63, 3.8) is 0 Å². The lowest BCUT2D eigenvalue weighted by atomic mass is 9.88. The second-order valence-corrected chi connectivity index (χ2v) is 25.7. The first-order valence-electron chi connectivity index (χ1n) is 32.2. The maximum atomic E-state index is 14.2. The van der Waals surface area contributed by atoms with Crippen LogP contribution in [0.3, 0.4) is 0 Å². The van der Waals surface area contributed by atoms with E-state index in [1.54, 1.807) is 74.2 Å². The van der Waals surface area contributed by atoms with Crippen molar-refractivity contribution in [3.8, 4) is 0 Å². The van der Waals surface area contributed by atoms with Gasteiger partial charge in [-0.1, -0.05) is 103 Å². The SMILES string of the molecule is CC[C@@H]1CN(C(=O)O[C@H]2/C=C/[C@H](C)[C@@H](/C(C)=C/C=C/[C@](C)(O)C[C@H]3O[C@@H]3[C@H](C)[C@@H](O)CC)OC(=O)C[C@H](O)CC[C@@]2(C)OC)CCN1C(=O)OCc1ccc(CC(=O)[C@H](CCCCC(N)=O)NC(=O)[C@@H](CC(=O)CCCCCN2C(=O)C=CC2=O)C(C)C)cc1. The van der Waals surface area contributed by atoms with Crippen LogP contribution in [0.1, 0.15) is 170 Å². The van der Waals surface area contributed by atoms with Gasteiger partial charge in [0.25, 0.3) is 11.8 Å². The predicted octanol–water partition coefficient (Wildman–Crippen LogP) is 7.46. The molecule has 4 heterocycles. The number of piperazine rings is 1. The molecule has 6 amide bonds. The van der Waals surface area contributed by atoms with Gasteiger partial charge in [0.1, 0.15) is 24.1 Å². The van der Waals surface area contributed by atoms with Crippen molar-refractivity contribution in [2.24, 2.45) is 29.4 Å². The van der Waals surface area contributed by atoms with Gasteiger partial charge in [0, 0.05) is 95.3 Å². The average molecular weight is 1260 g/mol. The molecule has 2 fully saturated rings. The summed E-state index contributed by atoms with van der Waals surface area (Å²) < 4.78 is 29.9. The number of epoxide rings is 1. The van der Waals surface area contributed by atoms with E-state index in [9.17, 15) is 58.5 Å². The highest BCUT2D eigenvalue weighted by Gasteiger charge is 2.47. The lowest BCUT2D eigenvalue weighted by Gasteiger charge is -2.41. The molecule has 13 atom stereocenters. The summed E-state index contributed by atoms with van der Waals surface area (Å²) in [7, 11) is 1.50. The highest BCUT2D eigenvalue weighted by molar-refractivity contribution is 6.12. The smallest absolute Gasteiger partial charge is 0.410 e. The van der Waals surface area contributed by atoms with Crippen LogP contribution in [0.15, 0.2) is 72.4 Å². The van der Waals surface area contributed by atoms with E-state index in [0.717, 1.165) is 4.90 Å². The maximum Gasteiger partial charge on any atom is 0.410 e. The summed E-state index contributed by atoms with van der Waals surface area (Å²) in [6.07, 6.45) is 10.9. The van der Waals surface area contributed by atoms with Gasteiger partial charge >= 0.3 is 18.2 Å². The molecular weight excluding hydrogens is 1160 g/mol. The van der Waals surface area contributed by atoms with Crippen molar-refractivity contribution in [3.05, 3.63) is 83.5 Å². The number of imide groups is 1. The number of nitrogens with one attached hydrogen (secondary N) is 1. The van der Waals surface area contributed by atoms with Gasteiger partial charge in [-0.3, -0.25) is 38.5 Å². The quantitative estimate of drug-likeness (QED) is 0.00889. The molecule has 0 spiro atoms. The topological polar surface area (TPSA) is 312 Å². The van der Waals surface area contributed by atoms with Crippen LogP contribution in [0, 0.1) is 23.7 Å². The zero-order chi connectivity index (χ0) is 66.5. The van der Waals surface area contributed by atoms with Crippen LogP contribution in [0.4, 0.5) is 9.59 Å². The fraction of sp³-hybridized carbons (Fsp3) is 0.662. The number of primary amides is 1. The van der Waals surface area contributed by atoms with Gasteiger partial charge in [-0.05, 0) is 101 Å². The highest BCUT2D eigenvalue weighted by Crippen LogP contribution is 2.38. The molecule has 0 radical (unpaired) electrons. The summed E-state index contributed by atoms with van der Waals surface area (Å²) in [6, 6.07) is 5.67. The molecule has 90 heavy (non-hydrogen) atoms. The Morgan fingerprint density at radius 2 is 1.61 bits per heavy atom. The van der Waals surface area contributed by atoms with Gasteiger partial charge in [-0.15, -0.1) is 0 Å². The van der Waals surface area contributed by atoms with Gasteiger partial charge < -0.3 is 59.9 Å². The second-order valence-electron chi connectivity index (χ2n) is 25.7. The summed E-state index contributed by atoms with van der Waals surface area (Å²) in [5, 5.41) is 35.4. The van der Waals surface area contributed by atoms with E-state index >= 15 is 0 Å². The number of hydrogen-bond donors (Lipinski definition) is 5. The summed E-state index contributed by atoms with van der Waals surface area (Å²) in [5.74, 6) is -3.97. The van der Waals surface area contributed by atoms with Crippen LogP contribution >= 0.6 is 0 Å². The molecular formula is C68H101N5O17. The van der Waals surface area contributed by atoms with Crippen LogP contribution in [-0.4, -0.2) is 177 Å². The number of nitrogens with zero attached hydrogens (tertiary/aromatic N) is 3. The third-order valence-corrected chi connectivity index (χ3v) is 17.9. The van der Waals surface area contributed by atoms with Crippen molar-refractivity contribution < 1.29 is 82.2 Å². The fourth-order valence-corrected chi connectivity index (χ4v) is 11.7. The van der Waals surface area contributed by atoms with Crippen LogP contribution < -0.4 is 11.1 Å². The van der Waals surface area contributed by atoms with Crippen molar-refractivity contribution in [1.82, 2.24) is 20.0 Å². The molecule has 22 nitrogen and oxygen atoms in total. The predicted molar refractivity (Wildman–Crippen MR) is 336 cm³/mol. The number of Topliss-reactive ketones (excluding diaryl/α,β-unsaturated/α-hetero) is 2. The minimum Gasteiger partial charge on any atom is -0.457 e. The van der Waals surface area contributed by atoms with E-state index in [1.807, 2.05) is 47.6 Å². The Morgan fingerprint density at radius 1 is 0.933 bits per heavy atom.